The molecule has 0 fully saturated rings. The number of benzene rings is 2. The molecule has 2 heterocycles. The highest BCUT2D eigenvalue weighted by Crippen LogP contribution is 2.28. The van der Waals surface area contributed by atoms with Crippen LogP contribution in [0.3, 0.4) is 0 Å². The van der Waals surface area contributed by atoms with Crippen molar-refractivity contribution in [3.8, 4) is 0 Å². The molecule has 2 aromatic heterocycles. The third-order valence-corrected chi connectivity index (χ3v) is 5.50. The third-order valence-electron chi connectivity index (χ3n) is 4.76. The van der Waals surface area contributed by atoms with Crippen molar-refractivity contribution in [2.45, 2.75) is 25.9 Å². The lowest BCUT2D eigenvalue weighted by Gasteiger charge is -2.27. The van der Waals surface area contributed by atoms with Crippen molar-refractivity contribution in [2.24, 2.45) is 0 Å². The summed E-state index contributed by atoms with van der Waals surface area (Å²) in [5.41, 5.74) is 0.858. The van der Waals surface area contributed by atoms with Crippen LogP contribution in [0.25, 0.3) is 22.1 Å². The molecule has 0 radical (unpaired) electrons. The van der Waals surface area contributed by atoms with Gasteiger partial charge in [0.05, 0.1) is 21.9 Å². The molecule has 0 aliphatic carbocycles. The van der Waals surface area contributed by atoms with Gasteiger partial charge in [-0.05, 0) is 43.7 Å². The number of carbonyl (C=O) groups excluding carboxylic acids is 1. The molecular weight excluding hydrogens is 413 g/mol. The van der Waals surface area contributed by atoms with Gasteiger partial charge in [0.1, 0.15) is 17.6 Å². The Morgan fingerprint density at radius 3 is 2.69 bits per heavy atom. The minimum Gasteiger partial charge on any atom is -0.448 e. The Labute approximate surface area is 176 Å². The summed E-state index contributed by atoms with van der Waals surface area (Å²) in [7, 11) is 0. The lowest BCUT2D eigenvalue weighted by atomic mass is 9.94. The molecule has 4 rings (SSSR count). The Balaban J connectivity index is 1.60. The Morgan fingerprint density at radius 2 is 1.93 bits per heavy atom. The first-order valence-electron chi connectivity index (χ1n) is 8.89. The quantitative estimate of drug-likeness (QED) is 0.517. The molecule has 0 saturated carbocycles. The molecule has 0 atom stereocenters. The van der Waals surface area contributed by atoms with Crippen LogP contribution in [0.2, 0.25) is 10.0 Å². The minimum atomic E-state index is -0.716. The number of hydrogen-bond donors (Lipinski definition) is 1. The number of carbonyl (C=O) groups is 1. The van der Waals surface area contributed by atoms with Gasteiger partial charge in [0.15, 0.2) is 0 Å². The van der Waals surface area contributed by atoms with Gasteiger partial charge >= 0.3 is 0 Å². The van der Waals surface area contributed by atoms with Gasteiger partial charge in [-0.25, -0.2) is 4.98 Å². The van der Waals surface area contributed by atoms with E-state index in [0.29, 0.717) is 21.1 Å². The van der Waals surface area contributed by atoms with E-state index in [9.17, 15) is 9.59 Å². The molecule has 6 nitrogen and oxygen atoms in total. The predicted octanol–water partition coefficient (Wildman–Crippen LogP) is 4.50. The van der Waals surface area contributed by atoms with E-state index in [2.05, 4.69) is 10.3 Å². The highest BCUT2D eigenvalue weighted by Gasteiger charge is 2.24. The lowest BCUT2D eigenvalue weighted by molar-refractivity contribution is -0.123. The molecular formula is C21H17Cl2N3O3. The Morgan fingerprint density at radius 1 is 1.17 bits per heavy atom. The molecule has 1 amide bonds. The number of rotatable bonds is 4. The van der Waals surface area contributed by atoms with Crippen molar-refractivity contribution in [2.75, 3.05) is 0 Å². The van der Waals surface area contributed by atoms with Crippen molar-refractivity contribution in [1.29, 1.82) is 0 Å². The Hall–Kier alpha value is -2.83. The average molecular weight is 430 g/mol. The maximum Gasteiger partial charge on any atom is 0.297 e. The van der Waals surface area contributed by atoms with E-state index in [0.717, 1.165) is 10.9 Å². The second kappa shape index (κ2) is 7.21. The highest BCUT2D eigenvalue weighted by molar-refractivity contribution is 6.42. The fourth-order valence-electron chi connectivity index (χ4n) is 3.23. The van der Waals surface area contributed by atoms with Crippen molar-refractivity contribution in [3.05, 3.63) is 74.8 Å². The number of fused-ring (bicyclic) bond motifs is 3. The normalized spacial score (nSPS) is 11.9. The van der Waals surface area contributed by atoms with Crippen molar-refractivity contribution in [3.63, 3.8) is 0 Å². The van der Waals surface area contributed by atoms with E-state index >= 15 is 0 Å². The number of nitrogens with one attached hydrogen (secondary N) is 1. The monoisotopic (exact) mass is 429 g/mol. The van der Waals surface area contributed by atoms with Gasteiger partial charge in [0, 0.05) is 5.39 Å². The summed E-state index contributed by atoms with van der Waals surface area (Å²) in [4.78, 5) is 29.7. The van der Waals surface area contributed by atoms with E-state index < -0.39 is 11.1 Å². The fourth-order valence-corrected chi connectivity index (χ4v) is 3.53. The van der Waals surface area contributed by atoms with Crippen LogP contribution in [0.1, 0.15) is 19.4 Å². The maximum absolute atomic E-state index is 12.8. The van der Waals surface area contributed by atoms with Gasteiger partial charge in [-0.2, -0.15) is 0 Å². The van der Waals surface area contributed by atoms with Gasteiger partial charge < -0.3 is 9.73 Å². The largest absolute Gasteiger partial charge is 0.448 e. The van der Waals surface area contributed by atoms with Crippen LogP contribution in [-0.4, -0.2) is 15.5 Å². The number of furan rings is 1. The van der Waals surface area contributed by atoms with E-state index in [1.165, 1.54) is 10.9 Å². The first-order valence-corrected chi connectivity index (χ1v) is 9.65. The first-order chi connectivity index (χ1) is 13.8. The molecule has 0 saturated heterocycles. The van der Waals surface area contributed by atoms with Crippen LogP contribution < -0.4 is 10.9 Å². The molecule has 29 heavy (non-hydrogen) atoms. The first kappa shape index (κ1) is 19.5. The molecule has 8 heteroatoms. The summed E-state index contributed by atoms with van der Waals surface area (Å²) in [6.07, 6.45) is 1.36. The number of amides is 1. The molecule has 4 aromatic rings. The molecule has 0 aliphatic rings. The van der Waals surface area contributed by atoms with Crippen LogP contribution in [0, 0.1) is 0 Å². The Bertz CT molecular complexity index is 1310. The van der Waals surface area contributed by atoms with Gasteiger partial charge in [-0.3, -0.25) is 14.2 Å². The molecule has 0 aliphatic heterocycles. The fraction of sp³-hybridized carbons (Fsp3) is 0.190. The van der Waals surface area contributed by atoms with Crippen molar-refractivity contribution in [1.82, 2.24) is 14.9 Å². The predicted molar refractivity (Wildman–Crippen MR) is 113 cm³/mol. The Kier molecular flexibility index (Phi) is 4.84. The highest BCUT2D eigenvalue weighted by atomic mass is 35.5. The summed E-state index contributed by atoms with van der Waals surface area (Å²) < 4.78 is 6.87. The molecule has 0 unspecified atom stereocenters. The summed E-state index contributed by atoms with van der Waals surface area (Å²) >= 11 is 12.1. The van der Waals surface area contributed by atoms with Gasteiger partial charge in [0.2, 0.25) is 11.5 Å². The number of halogens is 2. The minimum absolute atomic E-state index is 0.130. The zero-order chi connectivity index (χ0) is 20.8. The lowest BCUT2D eigenvalue weighted by Crippen LogP contribution is -2.43. The molecule has 0 bridgehead atoms. The summed E-state index contributed by atoms with van der Waals surface area (Å²) in [5.74, 6) is -0.347. The number of nitrogens with zero attached hydrogens (tertiary/aromatic N) is 2. The molecule has 1 N–H and O–H groups in total. The number of para-hydroxylation sites is 1. The van der Waals surface area contributed by atoms with E-state index in [4.69, 9.17) is 27.6 Å². The summed E-state index contributed by atoms with van der Waals surface area (Å²) in [6.45, 7) is 3.49. The SMILES string of the molecule is CC(C)(NC(=O)Cn1cnc2c(oc3ccccc32)c1=O)c1ccc(Cl)c(Cl)c1. The zero-order valence-electron chi connectivity index (χ0n) is 15.7. The van der Waals surface area contributed by atoms with Gasteiger partial charge in [-0.15, -0.1) is 0 Å². The smallest absolute Gasteiger partial charge is 0.297 e. The van der Waals surface area contributed by atoms with E-state index in [1.54, 1.807) is 24.3 Å². The average Bonchev–Trinajstić information content (AvgIpc) is 3.05. The van der Waals surface area contributed by atoms with E-state index in [1.807, 2.05) is 32.0 Å². The number of hydrogen-bond acceptors (Lipinski definition) is 4. The van der Waals surface area contributed by atoms with Crippen LogP contribution >= 0.6 is 23.2 Å². The second-order valence-corrected chi connectivity index (χ2v) is 8.07. The third kappa shape index (κ3) is 3.61. The van der Waals surface area contributed by atoms with Crippen molar-refractivity contribution >= 4 is 51.2 Å². The molecule has 0 spiro atoms. The summed E-state index contributed by atoms with van der Waals surface area (Å²) in [6, 6.07) is 12.5. The van der Waals surface area contributed by atoms with Crippen LogP contribution in [0.4, 0.5) is 0 Å². The van der Waals surface area contributed by atoms with Gasteiger partial charge in [-0.1, -0.05) is 41.4 Å². The summed E-state index contributed by atoms with van der Waals surface area (Å²) in [5, 5.41) is 4.52. The second-order valence-electron chi connectivity index (χ2n) is 7.26. The van der Waals surface area contributed by atoms with Crippen LogP contribution in [0.5, 0.6) is 0 Å². The van der Waals surface area contributed by atoms with Gasteiger partial charge in [0.25, 0.3) is 5.56 Å². The van der Waals surface area contributed by atoms with E-state index in [-0.39, 0.29) is 18.0 Å². The van der Waals surface area contributed by atoms with Crippen molar-refractivity contribution < 1.29 is 9.21 Å². The van der Waals surface area contributed by atoms with Crippen LogP contribution in [0.15, 0.2) is 58.0 Å². The topological polar surface area (TPSA) is 77.1 Å². The zero-order valence-corrected chi connectivity index (χ0v) is 17.2. The molecule has 2 aromatic carbocycles. The van der Waals surface area contributed by atoms with Crippen LogP contribution in [-0.2, 0) is 16.9 Å². The standard InChI is InChI=1S/C21H17Cl2N3O3/c1-21(2,12-7-8-14(22)15(23)9-12)25-17(27)10-26-11-24-18-13-5-3-4-6-16(13)29-19(18)20(26)28/h3-9,11H,10H2,1-2H3,(H,25,27). The molecule has 148 valence electrons. The maximum atomic E-state index is 12.8. The number of aromatic nitrogens is 2.